The minimum atomic E-state index is -0.900. The molecule has 0 aliphatic heterocycles. The summed E-state index contributed by atoms with van der Waals surface area (Å²) in [7, 11) is 1.63. The zero-order chi connectivity index (χ0) is 15.3. The highest BCUT2D eigenvalue weighted by molar-refractivity contribution is 8.00. The van der Waals surface area contributed by atoms with Crippen molar-refractivity contribution in [2.24, 2.45) is 5.92 Å². The number of halogens is 1. The van der Waals surface area contributed by atoms with Gasteiger partial charge in [-0.05, 0) is 31.2 Å². The van der Waals surface area contributed by atoms with Crippen molar-refractivity contribution in [1.29, 1.82) is 0 Å². The standard InChI is InChI=1S/C14H18ClNO3S/c1-9(14(18)19)8-16(3)13(17)10(2)20-12-6-4-11(15)5-7-12/h4-7,9-10H,8H2,1-3H3,(H,18,19). The summed E-state index contributed by atoms with van der Waals surface area (Å²) >= 11 is 7.24. The van der Waals surface area contributed by atoms with Crippen LogP contribution in [0.25, 0.3) is 0 Å². The fourth-order valence-corrected chi connectivity index (χ4v) is 2.77. The van der Waals surface area contributed by atoms with Gasteiger partial charge in [0.05, 0.1) is 11.2 Å². The van der Waals surface area contributed by atoms with Crippen LogP contribution >= 0.6 is 23.4 Å². The number of carboxylic acids is 1. The molecule has 2 unspecified atom stereocenters. The summed E-state index contributed by atoms with van der Waals surface area (Å²) < 4.78 is 0. The molecule has 0 aromatic heterocycles. The molecule has 0 aliphatic carbocycles. The van der Waals surface area contributed by atoms with Crippen molar-refractivity contribution in [1.82, 2.24) is 4.90 Å². The maximum absolute atomic E-state index is 12.2. The van der Waals surface area contributed by atoms with Crippen molar-refractivity contribution in [2.45, 2.75) is 24.0 Å². The van der Waals surface area contributed by atoms with Crippen LogP contribution in [0.5, 0.6) is 0 Å². The summed E-state index contributed by atoms with van der Waals surface area (Å²) in [4.78, 5) is 25.4. The Kier molecular flexibility index (Phi) is 6.36. The lowest BCUT2D eigenvalue weighted by atomic mass is 10.2. The largest absolute Gasteiger partial charge is 0.481 e. The number of benzene rings is 1. The van der Waals surface area contributed by atoms with E-state index in [1.54, 1.807) is 26.1 Å². The summed E-state index contributed by atoms with van der Waals surface area (Å²) in [6.45, 7) is 3.60. The van der Waals surface area contributed by atoms with Gasteiger partial charge in [-0.1, -0.05) is 18.5 Å². The van der Waals surface area contributed by atoms with Crippen LogP contribution in [0.2, 0.25) is 5.02 Å². The molecule has 1 N–H and O–H groups in total. The van der Waals surface area contributed by atoms with E-state index in [0.717, 1.165) is 4.90 Å². The second-order valence-electron chi connectivity index (χ2n) is 4.67. The molecule has 110 valence electrons. The molecule has 1 aromatic carbocycles. The molecule has 6 heteroatoms. The fourth-order valence-electron chi connectivity index (χ4n) is 1.66. The van der Waals surface area contributed by atoms with Crippen LogP contribution in [0, 0.1) is 5.92 Å². The molecule has 20 heavy (non-hydrogen) atoms. The zero-order valence-electron chi connectivity index (χ0n) is 11.7. The Hall–Kier alpha value is -1.20. The number of amides is 1. The molecule has 0 spiro atoms. The molecule has 0 saturated carbocycles. The summed E-state index contributed by atoms with van der Waals surface area (Å²) in [5.41, 5.74) is 0. The van der Waals surface area contributed by atoms with Gasteiger partial charge in [0.15, 0.2) is 0 Å². The number of thioether (sulfide) groups is 1. The quantitative estimate of drug-likeness (QED) is 0.820. The van der Waals surface area contributed by atoms with Gasteiger partial charge in [0, 0.05) is 23.5 Å². The highest BCUT2D eigenvalue weighted by atomic mass is 35.5. The van der Waals surface area contributed by atoms with Crippen LogP contribution in [0.15, 0.2) is 29.2 Å². The summed E-state index contributed by atoms with van der Waals surface area (Å²) in [6.07, 6.45) is 0. The highest BCUT2D eigenvalue weighted by Crippen LogP contribution is 2.25. The van der Waals surface area contributed by atoms with Gasteiger partial charge >= 0.3 is 5.97 Å². The third-order valence-electron chi connectivity index (χ3n) is 2.82. The maximum Gasteiger partial charge on any atom is 0.308 e. The SMILES string of the molecule is CC(CN(C)C(=O)C(C)Sc1ccc(Cl)cc1)C(=O)O. The van der Waals surface area contributed by atoms with E-state index in [0.29, 0.717) is 5.02 Å². The van der Waals surface area contributed by atoms with E-state index in [-0.39, 0.29) is 17.7 Å². The van der Waals surface area contributed by atoms with Crippen LogP contribution in [-0.4, -0.2) is 40.7 Å². The predicted octanol–water partition coefficient (Wildman–Crippen LogP) is 3.00. The minimum Gasteiger partial charge on any atom is -0.481 e. The number of carbonyl (C=O) groups is 2. The van der Waals surface area contributed by atoms with Crippen LogP contribution in [0.3, 0.4) is 0 Å². The van der Waals surface area contributed by atoms with Crippen molar-refractivity contribution in [3.05, 3.63) is 29.3 Å². The second kappa shape index (κ2) is 7.55. The van der Waals surface area contributed by atoms with Gasteiger partial charge in [0.25, 0.3) is 0 Å². The Labute approximate surface area is 128 Å². The Morgan fingerprint density at radius 2 is 1.85 bits per heavy atom. The molecule has 1 amide bonds. The van der Waals surface area contributed by atoms with Crippen molar-refractivity contribution < 1.29 is 14.7 Å². The Morgan fingerprint density at radius 1 is 1.30 bits per heavy atom. The van der Waals surface area contributed by atoms with E-state index in [9.17, 15) is 9.59 Å². The monoisotopic (exact) mass is 315 g/mol. The third-order valence-corrected chi connectivity index (χ3v) is 4.17. The number of rotatable bonds is 6. The highest BCUT2D eigenvalue weighted by Gasteiger charge is 2.22. The molecule has 0 radical (unpaired) electrons. The van der Waals surface area contributed by atoms with Gasteiger partial charge in [-0.2, -0.15) is 0 Å². The van der Waals surface area contributed by atoms with E-state index in [1.165, 1.54) is 16.7 Å². The van der Waals surface area contributed by atoms with Crippen LogP contribution in [0.4, 0.5) is 0 Å². The maximum atomic E-state index is 12.2. The van der Waals surface area contributed by atoms with Gasteiger partial charge < -0.3 is 10.0 Å². The van der Waals surface area contributed by atoms with Crippen LogP contribution in [-0.2, 0) is 9.59 Å². The Bertz CT molecular complexity index is 478. The normalized spacial score (nSPS) is 13.6. The van der Waals surface area contributed by atoms with E-state index in [2.05, 4.69) is 0 Å². The van der Waals surface area contributed by atoms with E-state index < -0.39 is 11.9 Å². The van der Waals surface area contributed by atoms with Gasteiger partial charge in [-0.3, -0.25) is 9.59 Å². The summed E-state index contributed by atoms with van der Waals surface area (Å²) in [5, 5.41) is 9.23. The van der Waals surface area contributed by atoms with Gasteiger partial charge in [0.2, 0.25) is 5.91 Å². The molecule has 0 saturated heterocycles. The first-order chi connectivity index (χ1) is 9.31. The van der Waals surface area contributed by atoms with Crippen molar-refractivity contribution >= 4 is 35.2 Å². The van der Waals surface area contributed by atoms with Gasteiger partial charge in [-0.15, -0.1) is 11.8 Å². The lowest BCUT2D eigenvalue weighted by molar-refractivity contribution is -0.142. The summed E-state index contributed by atoms with van der Waals surface area (Å²) in [6, 6.07) is 7.27. The molecule has 0 fully saturated rings. The number of hydrogen-bond donors (Lipinski definition) is 1. The summed E-state index contributed by atoms with van der Waals surface area (Å²) in [5.74, 6) is -1.56. The lowest BCUT2D eigenvalue weighted by Crippen LogP contribution is -2.37. The van der Waals surface area contributed by atoms with Crippen molar-refractivity contribution in [3.63, 3.8) is 0 Å². The fraction of sp³-hybridized carbons (Fsp3) is 0.429. The van der Waals surface area contributed by atoms with E-state index in [4.69, 9.17) is 16.7 Å². The average molecular weight is 316 g/mol. The minimum absolute atomic E-state index is 0.0851. The number of carbonyl (C=O) groups excluding carboxylic acids is 1. The van der Waals surface area contributed by atoms with Gasteiger partial charge in [-0.25, -0.2) is 0 Å². The zero-order valence-corrected chi connectivity index (χ0v) is 13.2. The number of aliphatic carboxylic acids is 1. The predicted molar refractivity (Wildman–Crippen MR) is 81.2 cm³/mol. The molecule has 0 heterocycles. The first kappa shape index (κ1) is 16.9. The number of hydrogen-bond acceptors (Lipinski definition) is 3. The first-order valence-corrected chi connectivity index (χ1v) is 7.47. The van der Waals surface area contributed by atoms with Crippen LogP contribution in [0.1, 0.15) is 13.8 Å². The molecule has 4 nitrogen and oxygen atoms in total. The first-order valence-electron chi connectivity index (χ1n) is 6.21. The van der Waals surface area contributed by atoms with Gasteiger partial charge in [0.1, 0.15) is 0 Å². The average Bonchev–Trinajstić information content (AvgIpc) is 2.40. The van der Waals surface area contributed by atoms with Crippen molar-refractivity contribution in [3.8, 4) is 0 Å². The Balaban J connectivity index is 2.57. The Morgan fingerprint density at radius 3 is 2.35 bits per heavy atom. The molecular weight excluding hydrogens is 298 g/mol. The molecular formula is C14H18ClNO3S. The van der Waals surface area contributed by atoms with E-state index in [1.807, 2.05) is 19.1 Å². The molecule has 0 aliphatic rings. The lowest BCUT2D eigenvalue weighted by Gasteiger charge is -2.22. The topological polar surface area (TPSA) is 57.6 Å². The number of nitrogens with zero attached hydrogens (tertiary/aromatic N) is 1. The second-order valence-corrected chi connectivity index (χ2v) is 6.52. The molecule has 1 aromatic rings. The molecule has 0 bridgehead atoms. The van der Waals surface area contributed by atoms with Crippen molar-refractivity contribution in [2.75, 3.05) is 13.6 Å². The smallest absolute Gasteiger partial charge is 0.308 e. The third kappa shape index (κ3) is 5.06. The van der Waals surface area contributed by atoms with E-state index >= 15 is 0 Å². The molecule has 1 rings (SSSR count). The van der Waals surface area contributed by atoms with Crippen LogP contribution < -0.4 is 0 Å². The number of carboxylic acid groups (broad SMARTS) is 1. The molecule has 2 atom stereocenters.